The smallest absolute Gasteiger partial charge is 0.119 e. The minimum absolute atomic E-state index is 0.693. The zero-order valence-corrected chi connectivity index (χ0v) is 11.1. The number of halogens is 1. The van der Waals surface area contributed by atoms with Crippen LogP contribution in [0.15, 0.2) is 47.5 Å². The summed E-state index contributed by atoms with van der Waals surface area (Å²) in [4.78, 5) is 4.45. The lowest BCUT2D eigenvalue weighted by molar-refractivity contribution is 0.415. The molecule has 0 aliphatic rings. The Balaban J connectivity index is 2.26. The van der Waals surface area contributed by atoms with Crippen molar-refractivity contribution < 1.29 is 4.74 Å². The van der Waals surface area contributed by atoms with Gasteiger partial charge in [-0.2, -0.15) is 0 Å². The van der Waals surface area contributed by atoms with E-state index in [4.69, 9.17) is 16.3 Å². The number of benzene rings is 2. The standard InChI is InChI=1S/C15H14ClNO/c1-11-6-7-13(16)9-15(11)17-10-12-4-3-5-14(8-12)18-2/h3-10H,1-2H3. The SMILES string of the molecule is COc1cccc(C=Nc2cc(Cl)ccc2C)c1. The summed E-state index contributed by atoms with van der Waals surface area (Å²) in [5.41, 5.74) is 2.97. The molecule has 0 amide bonds. The van der Waals surface area contributed by atoms with Crippen molar-refractivity contribution in [1.82, 2.24) is 0 Å². The van der Waals surface area contributed by atoms with Gasteiger partial charge in [0.15, 0.2) is 0 Å². The Morgan fingerprint density at radius 1 is 1.17 bits per heavy atom. The summed E-state index contributed by atoms with van der Waals surface area (Å²) in [5, 5.41) is 0.693. The Bertz CT molecular complexity index is 578. The molecule has 0 N–H and O–H groups in total. The van der Waals surface area contributed by atoms with E-state index >= 15 is 0 Å². The molecule has 3 heteroatoms. The summed E-state index contributed by atoms with van der Waals surface area (Å²) in [7, 11) is 1.65. The van der Waals surface area contributed by atoms with Crippen molar-refractivity contribution in [2.75, 3.05) is 7.11 Å². The summed E-state index contributed by atoms with van der Waals surface area (Å²) in [6.07, 6.45) is 1.81. The third-order valence-corrected chi connectivity index (χ3v) is 2.85. The molecule has 2 aromatic carbocycles. The zero-order valence-electron chi connectivity index (χ0n) is 10.4. The fraction of sp³-hybridized carbons (Fsp3) is 0.133. The van der Waals surface area contributed by atoms with Gasteiger partial charge in [-0.05, 0) is 42.3 Å². The first-order valence-corrected chi connectivity index (χ1v) is 6.01. The molecule has 0 spiro atoms. The normalized spacial score (nSPS) is 10.8. The highest BCUT2D eigenvalue weighted by Gasteiger charge is 1.97. The van der Waals surface area contributed by atoms with E-state index in [0.29, 0.717) is 5.02 Å². The van der Waals surface area contributed by atoms with Gasteiger partial charge in [-0.3, -0.25) is 4.99 Å². The van der Waals surface area contributed by atoms with Crippen LogP contribution in [-0.4, -0.2) is 13.3 Å². The van der Waals surface area contributed by atoms with Crippen LogP contribution in [0, 0.1) is 6.92 Å². The molecule has 0 heterocycles. The molecule has 0 aliphatic carbocycles. The molecule has 0 aliphatic heterocycles. The Morgan fingerprint density at radius 3 is 2.78 bits per heavy atom. The first-order valence-electron chi connectivity index (χ1n) is 5.63. The molecule has 0 aromatic heterocycles. The number of hydrogen-bond acceptors (Lipinski definition) is 2. The van der Waals surface area contributed by atoms with Crippen LogP contribution >= 0.6 is 11.6 Å². The van der Waals surface area contributed by atoms with E-state index in [1.807, 2.05) is 49.4 Å². The van der Waals surface area contributed by atoms with Crippen LogP contribution in [-0.2, 0) is 0 Å². The number of nitrogens with zero attached hydrogens (tertiary/aromatic N) is 1. The van der Waals surface area contributed by atoms with Crippen LogP contribution in [0.3, 0.4) is 0 Å². The Kier molecular flexibility index (Phi) is 4.00. The second kappa shape index (κ2) is 5.69. The highest BCUT2D eigenvalue weighted by molar-refractivity contribution is 6.30. The quantitative estimate of drug-likeness (QED) is 0.749. The topological polar surface area (TPSA) is 21.6 Å². The summed E-state index contributed by atoms with van der Waals surface area (Å²) in [5.74, 6) is 0.821. The minimum atomic E-state index is 0.693. The summed E-state index contributed by atoms with van der Waals surface area (Å²) in [6.45, 7) is 2.01. The van der Waals surface area contributed by atoms with Crippen LogP contribution in [0.2, 0.25) is 5.02 Å². The number of hydrogen-bond donors (Lipinski definition) is 0. The van der Waals surface area contributed by atoms with Crippen molar-refractivity contribution in [1.29, 1.82) is 0 Å². The Hall–Kier alpha value is -1.80. The van der Waals surface area contributed by atoms with E-state index in [0.717, 1.165) is 22.6 Å². The highest BCUT2D eigenvalue weighted by atomic mass is 35.5. The predicted molar refractivity (Wildman–Crippen MR) is 76.4 cm³/mol. The second-order valence-corrected chi connectivity index (χ2v) is 4.40. The lowest BCUT2D eigenvalue weighted by Crippen LogP contribution is -1.85. The van der Waals surface area contributed by atoms with Crippen molar-refractivity contribution in [3.8, 4) is 5.75 Å². The van der Waals surface area contributed by atoms with Gasteiger partial charge in [0.05, 0.1) is 12.8 Å². The van der Waals surface area contributed by atoms with Crippen LogP contribution < -0.4 is 4.74 Å². The van der Waals surface area contributed by atoms with E-state index in [9.17, 15) is 0 Å². The van der Waals surface area contributed by atoms with Gasteiger partial charge >= 0.3 is 0 Å². The lowest BCUT2D eigenvalue weighted by Gasteiger charge is -2.02. The molecule has 0 unspecified atom stereocenters. The Morgan fingerprint density at radius 2 is 2.00 bits per heavy atom. The first-order chi connectivity index (χ1) is 8.69. The zero-order chi connectivity index (χ0) is 13.0. The molecule has 0 atom stereocenters. The summed E-state index contributed by atoms with van der Waals surface area (Å²) < 4.78 is 5.17. The molecule has 2 nitrogen and oxygen atoms in total. The van der Waals surface area contributed by atoms with E-state index in [1.165, 1.54) is 0 Å². The fourth-order valence-electron chi connectivity index (χ4n) is 1.59. The molecule has 0 saturated heterocycles. The second-order valence-electron chi connectivity index (χ2n) is 3.97. The minimum Gasteiger partial charge on any atom is -0.497 e. The third kappa shape index (κ3) is 3.11. The highest BCUT2D eigenvalue weighted by Crippen LogP contribution is 2.23. The molecule has 0 fully saturated rings. The van der Waals surface area contributed by atoms with Gasteiger partial charge in [0, 0.05) is 11.2 Å². The molecular formula is C15H14ClNO. The monoisotopic (exact) mass is 259 g/mol. The molecule has 2 rings (SSSR count). The average Bonchev–Trinajstić information content (AvgIpc) is 2.40. The van der Waals surface area contributed by atoms with Crippen LogP contribution in [0.1, 0.15) is 11.1 Å². The van der Waals surface area contributed by atoms with E-state index in [2.05, 4.69) is 4.99 Å². The van der Waals surface area contributed by atoms with E-state index in [-0.39, 0.29) is 0 Å². The van der Waals surface area contributed by atoms with E-state index in [1.54, 1.807) is 13.3 Å². The van der Waals surface area contributed by atoms with Crippen molar-refractivity contribution in [2.45, 2.75) is 6.92 Å². The maximum absolute atomic E-state index is 5.95. The summed E-state index contributed by atoms with van der Waals surface area (Å²) in [6, 6.07) is 13.4. The van der Waals surface area contributed by atoms with Gasteiger partial charge < -0.3 is 4.74 Å². The molecule has 0 radical (unpaired) electrons. The van der Waals surface area contributed by atoms with Gasteiger partial charge in [0.25, 0.3) is 0 Å². The van der Waals surface area contributed by atoms with Crippen LogP contribution in [0.5, 0.6) is 5.75 Å². The number of ether oxygens (including phenoxy) is 1. The van der Waals surface area contributed by atoms with Crippen molar-refractivity contribution in [3.05, 3.63) is 58.6 Å². The van der Waals surface area contributed by atoms with Crippen molar-refractivity contribution in [3.63, 3.8) is 0 Å². The first kappa shape index (κ1) is 12.7. The number of rotatable bonds is 3. The fourth-order valence-corrected chi connectivity index (χ4v) is 1.75. The molecule has 18 heavy (non-hydrogen) atoms. The largest absolute Gasteiger partial charge is 0.497 e. The number of methoxy groups -OCH3 is 1. The Labute approximate surface area is 112 Å². The van der Waals surface area contributed by atoms with Gasteiger partial charge in [-0.15, -0.1) is 0 Å². The third-order valence-electron chi connectivity index (χ3n) is 2.62. The van der Waals surface area contributed by atoms with Gasteiger partial charge in [-0.1, -0.05) is 29.8 Å². The predicted octanol–water partition coefficient (Wildman–Crippen LogP) is 4.41. The molecule has 92 valence electrons. The molecule has 0 saturated carbocycles. The maximum atomic E-state index is 5.95. The average molecular weight is 260 g/mol. The van der Waals surface area contributed by atoms with Gasteiger partial charge in [0.1, 0.15) is 5.75 Å². The van der Waals surface area contributed by atoms with Crippen LogP contribution in [0.4, 0.5) is 5.69 Å². The summed E-state index contributed by atoms with van der Waals surface area (Å²) >= 11 is 5.95. The molecule has 2 aromatic rings. The number of aliphatic imine (C=N–C) groups is 1. The molecule has 0 bridgehead atoms. The van der Waals surface area contributed by atoms with Crippen molar-refractivity contribution in [2.24, 2.45) is 4.99 Å². The number of aryl methyl sites for hydroxylation is 1. The van der Waals surface area contributed by atoms with Gasteiger partial charge in [0.2, 0.25) is 0 Å². The van der Waals surface area contributed by atoms with Crippen LogP contribution in [0.25, 0.3) is 0 Å². The maximum Gasteiger partial charge on any atom is 0.119 e. The lowest BCUT2D eigenvalue weighted by atomic mass is 10.2. The molecular weight excluding hydrogens is 246 g/mol. The van der Waals surface area contributed by atoms with Gasteiger partial charge in [-0.25, -0.2) is 0 Å². The van der Waals surface area contributed by atoms with Crippen molar-refractivity contribution >= 4 is 23.5 Å². The van der Waals surface area contributed by atoms with E-state index < -0.39 is 0 Å².